The molecule has 0 aliphatic rings. The van der Waals surface area contributed by atoms with Crippen LogP contribution in [-0.4, -0.2) is 30.6 Å². The molecule has 1 amide bonds. The summed E-state index contributed by atoms with van der Waals surface area (Å²) in [6, 6.07) is 15.6. The largest absolute Gasteiger partial charge is 0.494 e. The van der Waals surface area contributed by atoms with Crippen molar-refractivity contribution in [1.29, 1.82) is 0 Å². The third kappa shape index (κ3) is 4.61. The lowest BCUT2D eigenvalue weighted by Gasteiger charge is -2.08. The molecule has 0 unspecified atom stereocenters. The minimum Gasteiger partial charge on any atom is -0.494 e. The number of rotatable bonds is 8. The first-order valence-electron chi connectivity index (χ1n) is 8.54. The van der Waals surface area contributed by atoms with Gasteiger partial charge in [0.15, 0.2) is 0 Å². The number of carbonyl (C=O) groups is 1. The number of fused-ring (bicyclic) bond motifs is 1. The molecule has 0 saturated carbocycles. The van der Waals surface area contributed by atoms with E-state index in [1.807, 2.05) is 49.5 Å². The molecule has 1 heterocycles. The maximum Gasteiger partial charge on any atom is 0.238 e. The Morgan fingerprint density at radius 1 is 1.12 bits per heavy atom. The molecule has 130 valence electrons. The lowest BCUT2D eigenvalue weighted by molar-refractivity contribution is -0.115. The van der Waals surface area contributed by atoms with Gasteiger partial charge in [-0.3, -0.25) is 4.79 Å². The summed E-state index contributed by atoms with van der Waals surface area (Å²) in [6.07, 6.45) is 2.91. The van der Waals surface area contributed by atoms with Gasteiger partial charge in [0.2, 0.25) is 5.91 Å². The molecule has 5 nitrogen and oxygen atoms in total. The van der Waals surface area contributed by atoms with Crippen molar-refractivity contribution in [2.75, 3.05) is 25.0 Å². The second kappa shape index (κ2) is 8.35. The molecule has 3 aromatic rings. The van der Waals surface area contributed by atoms with E-state index in [2.05, 4.69) is 27.8 Å². The Morgan fingerprint density at radius 3 is 2.72 bits per heavy atom. The summed E-state index contributed by atoms with van der Waals surface area (Å²) in [7, 11) is 0. The van der Waals surface area contributed by atoms with E-state index in [1.165, 1.54) is 10.9 Å². The molecule has 0 fully saturated rings. The van der Waals surface area contributed by atoms with Crippen molar-refractivity contribution >= 4 is 22.5 Å². The Morgan fingerprint density at radius 2 is 1.92 bits per heavy atom. The highest BCUT2D eigenvalue weighted by Gasteiger charge is 2.04. The fraction of sp³-hybridized carbons (Fsp3) is 0.250. The number of benzene rings is 2. The van der Waals surface area contributed by atoms with E-state index in [0.29, 0.717) is 6.61 Å². The Labute approximate surface area is 147 Å². The first kappa shape index (κ1) is 17.0. The van der Waals surface area contributed by atoms with E-state index in [9.17, 15) is 4.79 Å². The van der Waals surface area contributed by atoms with E-state index in [1.54, 1.807) is 0 Å². The second-order valence-electron chi connectivity index (χ2n) is 5.79. The van der Waals surface area contributed by atoms with Crippen LogP contribution in [0.2, 0.25) is 0 Å². The number of aromatic nitrogens is 1. The molecule has 0 radical (unpaired) electrons. The maximum atomic E-state index is 12.0. The number of aromatic amines is 1. The third-order valence-electron chi connectivity index (χ3n) is 3.98. The topological polar surface area (TPSA) is 66.2 Å². The molecule has 3 rings (SSSR count). The van der Waals surface area contributed by atoms with Crippen LogP contribution in [0.15, 0.2) is 54.7 Å². The SMILES string of the molecule is CCOc1ccc(NC(=O)CNCCc2c[nH]c3ccccc23)cc1. The predicted molar refractivity (Wildman–Crippen MR) is 101 cm³/mol. The first-order chi connectivity index (χ1) is 12.3. The molecule has 0 spiro atoms. The summed E-state index contributed by atoms with van der Waals surface area (Å²) < 4.78 is 5.38. The predicted octanol–water partition coefficient (Wildman–Crippen LogP) is 3.34. The highest BCUT2D eigenvalue weighted by molar-refractivity contribution is 5.92. The minimum atomic E-state index is -0.0527. The molecule has 25 heavy (non-hydrogen) atoms. The normalized spacial score (nSPS) is 10.8. The van der Waals surface area contributed by atoms with Crippen LogP contribution in [0.1, 0.15) is 12.5 Å². The summed E-state index contributed by atoms with van der Waals surface area (Å²) in [6.45, 7) is 3.61. The summed E-state index contributed by atoms with van der Waals surface area (Å²) in [5.41, 5.74) is 3.17. The Balaban J connectivity index is 1.42. The highest BCUT2D eigenvalue weighted by atomic mass is 16.5. The van der Waals surface area contributed by atoms with Gasteiger partial charge in [-0.2, -0.15) is 0 Å². The first-order valence-corrected chi connectivity index (χ1v) is 8.54. The van der Waals surface area contributed by atoms with Gasteiger partial charge in [-0.15, -0.1) is 0 Å². The number of anilines is 1. The number of ether oxygens (including phenoxy) is 1. The fourth-order valence-corrected chi connectivity index (χ4v) is 2.77. The van der Waals surface area contributed by atoms with E-state index in [4.69, 9.17) is 4.74 Å². The van der Waals surface area contributed by atoms with Crippen molar-refractivity contribution in [2.24, 2.45) is 0 Å². The Hall–Kier alpha value is -2.79. The van der Waals surface area contributed by atoms with Gasteiger partial charge in [-0.1, -0.05) is 18.2 Å². The lowest BCUT2D eigenvalue weighted by Crippen LogP contribution is -2.29. The molecule has 0 saturated heterocycles. The molecule has 0 aliphatic carbocycles. The number of hydrogen-bond donors (Lipinski definition) is 3. The monoisotopic (exact) mass is 337 g/mol. The molecule has 0 bridgehead atoms. The summed E-state index contributed by atoms with van der Waals surface area (Å²) in [5, 5.41) is 7.30. The quantitative estimate of drug-likeness (QED) is 0.552. The van der Waals surface area contributed by atoms with E-state index >= 15 is 0 Å². The molecule has 0 atom stereocenters. The molecule has 1 aromatic heterocycles. The Kier molecular flexibility index (Phi) is 5.69. The van der Waals surface area contributed by atoms with Crippen LogP contribution in [0.4, 0.5) is 5.69 Å². The van der Waals surface area contributed by atoms with Gasteiger partial charge in [0.05, 0.1) is 13.2 Å². The van der Waals surface area contributed by atoms with Gasteiger partial charge < -0.3 is 20.4 Å². The zero-order chi connectivity index (χ0) is 17.5. The van der Waals surface area contributed by atoms with Crippen molar-refractivity contribution in [3.8, 4) is 5.75 Å². The highest BCUT2D eigenvalue weighted by Crippen LogP contribution is 2.18. The van der Waals surface area contributed by atoms with Crippen LogP contribution in [0.3, 0.4) is 0 Å². The summed E-state index contributed by atoms with van der Waals surface area (Å²) >= 11 is 0. The van der Waals surface area contributed by atoms with Gasteiger partial charge in [0.1, 0.15) is 5.75 Å². The van der Waals surface area contributed by atoms with Gasteiger partial charge in [-0.25, -0.2) is 0 Å². The van der Waals surface area contributed by atoms with Crippen molar-refractivity contribution in [3.05, 3.63) is 60.3 Å². The summed E-state index contributed by atoms with van der Waals surface area (Å²) in [5.74, 6) is 0.750. The fourth-order valence-electron chi connectivity index (χ4n) is 2.77. The van der Waals surface area contributed by atoms with E-state index in [-0.39, 0.29) is 12.5 Å². The molecule has 0 aliphatic heterocycles. The molecular formula is C20H23N3O2. The smallest absolute Gasteiger partial charge is 0.238 e. The van der Waals surface area contributed by atoms with Crippen LogP contribution in [0.25, 0.3) is 10.9 Å². The standard InChI is InChI=1S/C20H23N3O2/c1-2-25-17-9-7-16(8-10-17)23-20(24)14-21-12-11-15-13-22-19-6-4-3-5-18(15)19/h3-10,13,21-22H,2,11-12,14H2,1H3,(H,23,24). The third-order valence-corrected chi connectivity index (χ3v) is 3.98. The molecule has 2 aromatic carbocycles. The van der Waals surface area contributed by atoms with Gasteiger partial charge in [-0.05, 0) is 55.8 Å². The number of carbonyl (C=O) groups excluding carboxylic acids is 1. The van der Waals surface area contributed by atoms with Gasteiger partial charge in [0, 0.05) is 22.8 Å². The Bertz CT molecular complexity index is 824. The number of hydrogen-bond acceptors (Lipinski definition) is 3. The number of para-hydroxylation sites is 1. The maximum absolute atomic E-state index is 12.0. The van der Waals surface area contributed by atoms with Crippen molar-refractivity contribution in [3.63, 3.8) is 0 Å². The summed E-state index contributed by atoms with van der Waals surface area (Å²) in [4.78, 5) is 15.3. The van der Waals surface area contributed by atoms with Crippen LogP contribution in [-0.2, 0) is 11.2 Å². The average molecular weight is 337 g/mol. The van der Waals surface area contributed by atoms with Crippen molar-refractivity contribution < 1.29 is 9.53 Å². The number of nitrogens with one attached hydrogen (secondary N) is 3. The van der Waals surface area contributed by atoms with Crippen LogP contribution in [0, 0.1) is 0 Å². The zero-order valence-corrected chi connectivity index (χ0v) is 14.3. The zero-order valence-electron chi connectivity index (χ0n) is 14.3. The van der Waals surface area contributed by atoms with E-state index < -0.39 is 0 Å². The minimum absolute atomic E-state index is 0.0527. The van der Waals surface area contributed by atoms with E-state index in [0.717, 1.165) is 29.9 Å². The van der Waals surface area contributed by atoms with Crippen molar-refractivity contribution in [2.45, 2.75) is 13.3 Å². The van der Waals surface area contributed by atoms with Crippen LogP contribution >= 0.6 is 0 Å². The molecule has 3 N–H and O–H groups in total. The average Bonchev–Trinajstić information content (AvgIpc) is 3.04. The van der Waals surface area contributed by atoms with Crippen LogP contribution < -0.4 is 15.4 Å². The number of H-pyrrole nitrogens is 1. The van der Waals surface area contributed by atoms with Crippen LogP contribution in [0.5, 0.6) is 5.75 Å². The molecular weight excluding hydrogens is 314 g/mol. The second-order valence-corrected chi connectivity index (χ2v) is 5.79. The molecule has 5 heteroatoms. The van der Waals surface area contributed by atoms with Gasteiger partial charge in [0.25, 0.3) is 0 Å². The lowest BCUT2D eigenvalue weighted by atomic mass is 10.1. The van der Waals surface area contributed by atoms with Gasteiger partial charge >= 0.3 is 0 Å². The number of amides is 1. The van der Waals surface area contributed by atoms with Crippen molar-refractivity contribution in [1.82, 2.24) is 10.3 Å².